The third kappa shape index (κ3) is 1.43. The van der Waals surface area contributed by atoms with E-state index >= 15 is 0 Å². The zero-order chi connectivity index (χ0) is 8.39. The molecule has 1 aromatic heterocycles. The topological polar surface area (TPSA) is 22.4 Å². The lowest BCUT2D eigenvalue weighted by molar-refractivity contribution is 0.0211. The Balaban J connectivity index is 2.09. The highest BCUT2D eigenvalue weighted by atomic mass is 16.5. The first-order valence-electron chi connectivity index (χ1n) is 4.18. The van der Waals surface area contributed by atoms with Crippen LogP contribution in [0, 0.1) is 0 Å². The van der Waals surface area contributed by atoms with Crippen LogP contribution in [0.1, 0.15) is 24.7 Å². The largest absolute Gasteiger partial charge is 0.467 e. The van der Waals surface area contributed by atoms with Gasteiger partial charge in [-0.15, -0.1) is 0 Å². The summed E-state index contributed by atoms with van der Waals surface area (Å²) in [4.78, 5) is 0. The average Bonchev–Trinajstić information content (AvgIpc) is 2.56. The lowest BCUT2D eigenvalue weighted by Gasteiger charge is -2.22. The molecule has 0 spiro atoms. The van der Waals surface area contributed by atoms with E-state index < -0.39 is 0 Å². The van der Waals surface area contributed by atoms with E-state index in [-0.39, 0.29) is 6.10 Å². The van der Waals surface area contributed by atoms with Crippen molar-refractivity contribution in [3.05, 3.63) is 36.3 Å². The molecule has 0 N–H and O–H groups in total. The zero-order valence-corrected chi connectivity index (χ0v) is 6.95. The fraction of sp³-hybridized carbons (Fsp3) is 0.400. The van der Waals surface area contributed by atoms with Gasteiger partial charge in [0, 0.05) is 6.42 Å². The Hall–Kier alpha value is -1.02. The predicted molar refractivity (Wildman–Crippen MR) is 45.8 cm³/mol. The molecule has 0 bridgehead atoms. The second-order valence-corrected chi connectivity index (χ2v) is 3.08. The molecule has 2 heterocycles. The van der Waals surface area contributed by atoms with Crippen molar-refractivity contribution in [1.82, 2.24) is 0 Å². The Kier molecular flexibility index (Phi) is 2.00. The molecule has 2 heteroatoms. The van der Waals surface area contributed by atoms with Crippen molar-refractivity contribution in [3.8, 4) is 0 Å². The van der Waals surface area contributed by atoms with Crippen molar-refractivity contribution in [2.24, 2.45) is 0 Å². The minimum absolute atomic E-state index is 0.0984. The minimum atomic E-state index is 0.0984. The molecule has 1 aliphatic rings. The Morgan fingerprint density at radius 2 is 2.42 bits per heavy atom. The van der Waals surface area contributed by atoms with E-state index in [0.29, 0.717) is 0 Å². The van der Waals surface area contributed by atoms with E-state index in [9.17, 15) is 0 Å². The third-order valence-corrected chi connectivity index (χ3v) is 2.11. The molecule has 2 rings (SSSR count). The summed E-state index contributed by atoms with van der Waals surface area (Å²) >= 11 is 0. The molecule has 0 saturated carbocycles. The second-order valence-electron chi connectivity index (χ2n) is 3.08. The van der Waals surface area contributed by atoms with E-state index in [4.69, 9.17) is 9.15 Å². The Morgan fingerprint density at radius 1 is 1.50 bits per heavy atom. The molecular formula is C10H12O2. The molecule has 2 nitrogen and oxygen atoms in total. The Bertz CT molecular complexity index is 261. The smallest absolute Gasteiger partial charge is 0.132 e. The summed E-state index contributed by atoms with van der Waals surface area (Å²) in [6.07, 6.45) is 3.65. The van der Waals surface area contributed by atoms with Gasteiger partial charge < -0.3 is 9.15 Å². The van der Waals surface area contributed by atoms with Crippen molar-refractivity contribution >= 4 is 0 Å². The van der Waals surface area contributed by atoms with Crippen LogP contribution in [-0.4, -0.2) is 6.61 Å². The molecule has 64 valence electrons. The van der Waals surface area contributed by atoms with Gasteiger partial charge >= 0.3 is 0 Å². The molecule has 1 fully saturated rings. The van der Waals surface area contributed by atoms with E-state index in [1.807, 2.05) is 12.1 Å². The molecule has 1 aromatic rings. The number of furan rings is 1. The summed E-state index contributed by atoms with van der Waals surface area (Å²) in [6, 6.07) is 3.83. The van der Waals surface area contributed by atoms with Gasteiger partial charge in [0.1, 0.15) is 11.9 Å². The monoisotopic (exact) mass is 164 g/mol. The molecule has 0 aliphatic carbocycles. The van der Waals surface area contributed by atoms with Crippen LogP contribution in [0.25, 0.3) is 0 Å². The van der Waals surface area contributed by atoms with Crippen molar-refractivity contribution in [1.29, 1.82) is 0 Å². The number of hydrogen-bond donors (Lipinski definition) is 0. The Morgan fingerprint density at radius 3 is 3.08 bits per heavy atom. The zero-order valence-electron chi connectivity index (χ0n) is 6.95. The quantitative estimate of drug-likeness (QED) is 0.595. The number of ether oxygens (including phenoxy) is 1. The highest BCUT2D eigenvalue weighted by molar-refractivity contribution is 5.09. The molecular weight excluding hydrogens is 152 g/mol. The molecule has 0 radical (unpaired) electrons. The lowest BCUT2D eigenvalue weighted by Crippen LogP contribution is -2.12. The van der Waals surface area contributed by atoms with Gasteiger partial charge in [-0.05, 0) is 18.6 Å². The normalized spacial score (nSPS) is 24.3. The first-order chi connectivity index (χ1) is 5.86. The summed E-state index contributed by atoms with van der Waals surface area (Å²) in [5.41, 5.74) is 1.25. The van der Waals surface area contributed by atoms with Crippen LogP contribution in [-0.2, 0) is 4.74 Å². The van der Waals surface area contributed by atoms with Crippen LogP contribution in [0.2, 0.25) is 0 Å². The van der Waals surface area contributed by atoms with Crippen LogP contribution >= 0.6 is 0 Å². The predicted octanol–water partition coefficient (Wildman–Crippen LogP) is 2.69. The van der Waals surface area contributed by atoms with E-state index in [1.54, 1.807) is 6.26 Å². The van der Waals surface area contributed by atoms with Crippen LogP contribution in [0.5, 0.6) is 0 Å². The standard InChI is InChI=1S/C10H12O2/c1-8-4-6-12-10(7-8)9-3-2-5-11-9/h2-3,5,10H,1,4,6-7H2. The molecule has 0 aromatic carbocycles. The highest BCUT2D eigenvalue weighted by Crippen LogP contribution is 2.30. The van der Waals surface area contributed by atoms with Gasteiger partial charge in [-0.1, -0.05) is 12.2 Å². The lowest BCUT2D eigenvalue weighted by atomic mass is 10.0. The van der Waals surface area contributed by atoms with E-state index in [2.05, 4.69) is 6.58 Å². The van der Waals surface area contributed by atoms with Gasteiger partial charge in [0.15, 0.2) is 0 Å². The molecule has 1 saturated heterocycles. The summed E-state index contributed by atoms with van der Waals surface area (Å²) in [5.74, 6) is 0.913. The molecule has 0 amide bonds. The SMILES string of the molecule is C=C1CCOC(c2ccco2)C1. The fourth-order valence-corrected chi connectivity index (χ4v) is 1.43. The summed E-state index contributed by atoms with van der Waals surface area (Å²) < 4.78 is 10.8. The van der Waals surface area contributed by atoms with Crippen molar-refractivity contribution in [2.45, 2.75) is 18.9 Å². The molecule has 1 aliphatic heterocycles. The van der Waals surface area contributed by atoms with Crippen molar-refractivity contribution < 1.29 is 9.15 Å². The van der Waals surface area contributed by atoms with Gasteiger partial charge in [0.25, 0.3) is 0 Å². The molecule has 12 heavy (non-hydrogen) atoms. The highest BCUT2D eigenvalue weighted by Gasteiger charge is 2.19. The van der Waals surface area contributed by atoms with Gasteiger partial charge in [-0.25, -0.2) is 0 Å². The second kappa shape index (κ2) is 3.15. The van der Waals surface area contributed by atoms with Gasteiger partial charge in [0.05, 0.1) is 12.9 Å². The van der Waals surface area contributed by atoms with Crippen LogP contribution in [0.15, 0.2) is 35.0 Å². The van der Waals surface area contributed by atoms with Crippen molar-refractivity contribution in [2.75, 3.05) is 6.61 Å². The van der Waals surface area contributed by atoms with E-state index in [1.165, 1.54) is 5.57 Å². The summed E-state index contributed by atoms with van der Waals surface area (Å²) in [6.45, 7) is 4.72. The molecule has 1 atom stereocenters. The number of hydrogen-bond acceptors (Lipinski definition) is 2. The third-order valence-electron chi connectivity index (χ3n) is 2.11. The summed E-state index contributed by atoms with van der Waals surface area (Å²) in [5, 5.41) is 0. The van der Waals surface area contributed by atoms with E-state index in [0.717, 1.165) is 25.2 Å². The maximum Gasteiger partial charge on any atom is 0.132 e. The first-order valence-corrected chi connectivity index (χ1v) is 4.18. The molecule has 1 unspecified atom stereocenters. The van der Waals surface area contributed by atoms with Gasteiger partial charge in [-0.2, -0.15) is 0 Å². The maximum atomic E-state index is 5.54. The Labute approximate surface area is 71.8 Å². The first kappa shape index (κ1) is 7.62. The fourth-order valence-electron chi connectivity index (χ4n) is 1.43. The minimum Gasteiger partial charge on any atom is -0.467 e. The van der Waals surface area contributed by atoms with Crippen LogP contribution in [0.3, 0.4) is 0 Å². The van der Waals surface area contributed by atoms with Crippen LogP contribution < -0.4 is 0 Å². The number of rotatable bonds is 1. The average molecular weight is 164 g/mol. The van der Waals surface area contributed by atoms with Crippen molar-refractivity contribution in [3.63, 3.8) is 0 Å². The van der Waals surface area contributed by atoms with Gasteiger partial charge in [-0.3, -0.25) is 0 Å². The van der Waals surface area contributed by atoms with Gasteiger partial charge in [0.2, 0.25) is 0 Å². The van der Waals surface area contributed by atoms with Crippen LogP contribution in [0.4, 0.5) is 0 Å². The maximum absolute atomic E-state index is 5.54. The summed E-state index contributed by atoms with van der Waals surface area (Å²) in [7, 11) is 0.